The molecule has 6 nitrogen and oxygen atoms in total. The molecule has 1 aliphatic carbocycles. The van der Waals surface area contributed by atoms with Crippen molar-refractivity contribution in [2.24, 2.45) is 0 Å². The second kappa shape index (κ2) is 6.68. The fraction of sp³-hybridized carbons (Fsp3) is 0.381. The number of aromatic amines is 1. The Morgan fingerprint density at radius 1 is 1.07 bits per heavy atom. The molecule has 2 aliphatic rings. The molecule has 0 radical (unpaired) electrons. The van der Waals surface area contributed by atoms with Crippen LogP contribution in [0.5, 0.6) is 0 Å². The van der Waals surface area contributed by atoms with E-state index in [-0.39, 0.29) is 5.91 Å². The zero-order valence-electron chi connectivity index (χ0n) is 15.2. The van der Waals surface area contributed by atoms with E-state index in [1.165, 1.54) is 24.9 Å². The van der Waals surface area contributed by atoms with E-state index in [1.807, 2.05) is 24.5 Å². The Labute approximate surface area is 158 Å². The molecule has 1 saturated carbocycles. The molecule has 27 heavy (non-hydrogen) atoms. The SMILES string of the molecule is O=C(NC1CCC1)c1n[nH]c2ccc(-c3cncc(N4CCCC4)c3)cc12. The van der Waals surface area contributed by atoms with Gasteiger partial charge in [0.05, 0.1) is 17.4 Å². The summed E-state index contributed by atoms with van der Waals surface area (Å²) in [5, 5.41) is 11.2. The van der Waals surface area contributed by atoms with Crippen LogP contribution in [0.15, 0.2) is 36.7 Å². The average molecular weight is 361 g/mol. The number of hydrogen-bond donors (Lipinski definition) is 2. The second-order valence-electron chi connectivity index (χ2n) is 7.56. The first-order chi connectivity index (χ1) is 13.3. The van der Waals surface area contributed by atoms with Crippen LogP contribution in [0, 0.1) is 0 Å². The van der Waals surface area contributed by atoms with Crippen LogP contribution in [0.3, 0.4) is 0 Å². The molecule has 2 aromatic heterocycles. The Kier molecular flexibility index (Phi) is 4.03. The molecule has 6 heteroatoms. The molecule has 5 rings (SSSR count). The van der Waals surface area contributed by atoms with Crippen LogP contribution < -0.4 is 10.2 Å². The summed E-state index contributed by atoms with van der Waals surface area (Å²) in [5.41, 5.74) is 4.63. The van der Waals surface area contributed by atoms with Crippen molar-refractivity contribution in [1.29, 1.82) is 0 Å². The number of amides is 1. The van der Waals surface area contributed by atoms with Gasteiger partial charge in [-0.2, -0.15) is 5.10 Å². The first-order valence-electron chi connectivity index (χ1n) is 9.77. The van der Waals surface area contributed by atoms with Gasteiger partial charge in [-0.15, -0.1) is 0 Å². The minimum Gasteiger partial charge on any atom is -0.370 e. The largest absolute Gasteiger partial charge is 0.370 e. The number of aromatic nitrogens is 3. The van der Waals surface area contributed by atoms with Gasteiger partial charge < -0.3 is 10.2 Å². The molecule has 0 spiro atoms. The van der Waals surface area contributed by atoms with E-state index in [9.17, 15) is 4.79 Å². The highest BCUT2D eigenvalue weighted by atomic mass is 16.2. The third-order valence-electron chi connectivity index (χ3n) is 5.75. The van der Waals surface area contributed by atoms with E-state index >= 15 is 0 Å². The van der Waals surface area contributed by atoms with Crippen molar-refractivity contribution in [3.05, 3.63) is 42.4 Å². The van der Waals surface area contributed by atoms with Gasteiger partial charge in [0.1, 0.15) is 0 Å². The molecule has 138 valence electrons. The molecule has 2 fully saturated rings. The van der Waals surface area contributed by atoms with Crippen LogP contribution >= 0.6 is 0 Å². The number of nitrogens with one attached hydrogen (secondary N) is 2. The van der Waals surface area contributed by atoms with E-state index in [1.54, 1.807) is 0 Å². The maximum absolute atomic E-state index is 12.6. The molecule has 0 atom stereocenters. The van der Waals surface area contributed by atoms with Crippen LogP contribution in [0.1, 0.15) is 42.6 Å². The number of benzene rings is 1. The standard InChI is InChI=1S/C21H23N5O/c27-21(23-16-4-3-5-16)20-18-11-14(6-7-19(18)24-25-20)15-10-17(13-22-12-15)26-8-1-2-9-26/h6-7,10-13,16H,1-5,8-9H2,(H,23,27)(H,24,25). The predicted molar refractivity (Wildman–Crippen MR) is 106 cm³/mol. The van der Waals surface area contributed by atoms with Gasteiger partial charge in [0.25, 0.3) is 5.91 Å². The van der Waals surface area contributed by atoms with E-state index in [0.29, 0.717) is 11.7 Å². The number of fused-ring (bicyclic) bond motifs is 1. The first-order valence-corrected chi connectivity index (χ1v) is 9.77. The fourth-order valence-corrected chi connectivity index (χ4v) is 3.91. The number of pyridine rings is 1. The zero-order valence-corrected chi connectivity index (χ0v) is 15.2. The summed E-state index contributed by atoms with van der Waals surface area (Å²) in [5.74, 6) is -0.0907. The smallest absolute Gasteiger partial charge is 0.272 e. The summed E-state index contributed by atoms with van der Waals surface area (Å²) in [4.78, 5) is 19.4. The van der Waals surface area contributed by atoms with E-state index in [4.69, 9.17) is 0 Å². The molecule has 0 bridgehead atoms. The second-order valence-corrected chi connectivity index (χ2v) is 7.56. The van der Waals surface area contributed by atoms with Crippen LogP contribution in [-0.2, 0) is 0 Å². The van der Waals surface area contributed by atoms with Crippen molar-refractivity contribution >= 4 is 22.5 Å². The summed E-state index contributed by atoms with van der Waals surface area (Å²) < 4.78 is 0. The lowest BCUT2D eigenvalue weighted by Crippen LogP contribution is -2.39. The van der Waals surface area contributed by atoms with Crippen molar-refractivity contribution in [1.82, 2.24) is 20.5 Å². The van der Waals surface area contributed by atoms with Crippen LogP contribution in [0.25, 0.3) is 22.0 Å². The lowest BCUT2D eigenvalue weighted by Gasteiger charge is -2.25. The van der Waals surface area contributed by atoms with Gasteiger partial charge in [0.15, 0.2) is 5.69 Å². The van der Waals surface area contributed by atoms with Gasteiger partial charge in [-0.3, -0.25) is 14.9 Å². The van der Waals surface area contributed by atoms with Gasteiger partial charge in [-0.25, -0.2) is 0 Å². The summed E-state index contributed by atoms with van der Waals surface area (Å²) in [7, 11) is 0. The Morgan fingerprint density at radius 3 is 2.70 bits per heavy atom. The van der Waals surface area contributed by atoms with Gasteiger partial charge in [-0.1, -0.05) is 6.07 Å². The van der Waals surface area contributed by atoms with Crippen LogP contribution in [0.4, 0.5) is 5.69 Å². The minimum atomic E-state index is -0.0907. The summed E-state index contributed by atoms with van der Waals surface area (Å²) in [6, 6.07) is 8.57. The number of rotatable bonds is 4. The molecular weight excluding hydrogens is 338 g/mol. The molecule has 1 aliphatic heterocycles. The van der Waals surface area contributed by atoms with E-state index in [0.717, 1.165) is 48.0 Å². The Bertz CT molecular complexity index is 985. The van der Waals surface area contributed by atoms with Crippen molar-refractivity contribution in [3.8, 4) is 11.1 Å². The third-order valence-corrected chi connectivity index (χ3v) is 5.75. The lowest BCUT2D eigenvalue weighted by molar-refractivity contribution is 0.0913. The monoisotopic (exact) mass is 361 g/mol. The lowest BCUT2D eigenvalue weighted by atomic mass is 9.93. The van der Waals surface area contributed by atoms with Crippen molar-refractivity contribution in [2.45, 2.75) is 38.1 Å². The summed E-state index contributed by atoms with van der Waals surface area (Å²) in [6.07, 6.45) is 9.62. The maximum Gasteiger partial charge on any atom is 0.272 e. The van der Waals surface area contributed by atoms with Crippen LogP contribution in [-0.4, -0.2) is 40.2 Å². The Hall–Kier alpha value is -2.89. The highest BCUT2D eigenvalue weighted by Crippen LogP contribution is 2.29. The predicted octanol–water partition coefficient (Wildman–Crippen LogP) is 3.51. The van der Waals surface area contributed by atoms with Crippen molar-refractivity contribution in [3.63, 3.8) is 0 Å². The topological polar surface area (TPSA) is 73.9 Å². The fourth-order valence-electron chi connectivity index (χ4n) is 3.91. The maximum atomic E-state index is 12.6. The first kappa shape index (κ1) is 16.3. The number of carbonyl (C=O) groups is 1. The Balaban J connectivity index is 1.48. The summed E-state index contributed by atoms with van der Waals surface area (Å²) >= 11 is 0. The molecule has 2 N–H and O–H groups in total. The number of H-pyrrole nitrogens is 1. The Morgan fingerprint density at radius 2 is 1.93 bits per heavy atom. The van der Waals surface area contributed by atoms with Gasteiger partial charge >= 0.3 is 0 Å². The van der Waals surface area contributed by atoms with Crippen molar-refractivity contribution < 1.29 is 4.79 Å². The average Bonchev–Trinajstić information content (AvgIpc) is 3.34. The van der Waals surface area contributed by atoms with E-state index in [2.05, 4.69) is 37.5 Å². The number of carbonyl (C=O) groups excluding carboxylic acids is 1. The van der Waals surface area contributed by atoms with Gasteiger partial charge in [-0.05, 0) is 55.9 Å². The zero-order chi connectivity index (χ0) is 18.2. The quantitative estimate of drug-likeness (QED) is 0.746. The molecule has 1 amide bonds. The highest BCUT2D eigenvalue weighted by molar-refractivity contribution is 6.05. The van der Waals surface area contributed by atoms with Gasteiger partial charge in [0, 0.05) is 36.3 Å². The molecular formula is C21H23N5O. The number of anilines is 1. The van der Waals surface area contributed by atoms with Crippen LogP contribution in [0.2, 0.25) is 0 Å². The third kappa shape index (κ3) is 3.05. The van der Waals surface area contributed by atoms with Gasteiger partial charge in [0.2, 0.25) is 0 Å². The molecule has 3 aromatic rings. The molecule has 0 unspecified atom stereocenters. The minimum absolute atomic E-state index is 0.0907. The van der Waals surface area contributed by atoms with E-state index < -0.39 is 0 Å². The molecule has 1 aromatic carbocycles. The highest BCUT2D eigenvalue weighted by Gasteiger charge is 2.23. The molecule has 1 saturated heterocycles. The number of nitrogens with zero attached hydrogens (tertiary/aromatic N) is 3. The van der Waals surface area contributed by atoms with Crippen molar-refractivity contribution in [2.75, 3.05) is 18.0 Å². The summed E-state index contributed by atoms with van der Waals surface area (Å²) in [6.45, 7) is 2.19. The normalized spacial score (nSPS) is 17.3. The molecule has 3 heterocycles. The number of hydrogen-bond acceptors (Lipinski definition) is 4.